The fraction of sp³-hybridized carbons (Fsp3) is 0.286. The first kappa shape index (κ1) is 12.5. The molecule has 104 valence electrons. The summed E-state index contributed by atoms with van der Waals surface area (Å²) in [7, 11) is 0. The van der Waals surface area contributed by atoms with Gasteiger partial charge in [-0.2, -0.15) is 4.98 Å². The van der Waals surface area contributed by atoms with E-state index in [9.17, 15) is 9.90 Å². The molecule has 20 heavy (non-hydrogen) atoms. The Morgan fingerprint density at radius 3 is 2.75 bits per heavy atom. The van der Waals surface area contributed by atoms with Crippen molar-refractivity contribution < 1.29 is 14.6 Å². The van der Waals surface area contributed by atoms with Crippen LogP contribution in [0.4, 0.5) is 0 Å². The van der Waals surface area contributed by atoms with Crippen LogP contribution in [-0.2, 0) is 6.42 Å². The van der Waals surface area contributed by atoms with Gasteiger partial charge in [0.2, 0.25) is 5.88 Å². The molecule has 1 aromatic heterocycles. The van der Waals surface area contributed by atoms with Gasteiger partial charge in [-0.3, -0.25) is 4.79 Å². The van der Waals surface area contributed by atoms with Gasteiger partial charge in [-0.1, -0.05) is 6.92 Å². The number of aromatic nitrogens is 2. The highest BCUT2D eigenvalue weighted by molar-refractivity contribution is 5.61. The Bertz CT molecular complexity index is 709. The lowest BCUT2D eigenvalue weighted by molar-refractivity contribution is 0.171. The standard InChI is InChI=1S/C14H14N2O4/c1-2-9-13(17)15-12(16-14(9)18)8-3-4-10-11(7-8)20-6-5-19-10/h3-4,7H,2,5-6H2,1H3,(H2,15,16,17,18). The predicted molar refractivity (Wildman–Crippen MR) is 72.3 cm³/mol. The SMILES string of the molecule is CCc1c(O)nc(-c2ccc3c(c2)OCCO3)[nH]c1=O. The van der Waals surface area contributed by atoms with E-state index in [1.165, 1.54) is 0 Å². The second kappa shape index (κ2) is 4.88. The van der Waals surface area contributed by atoms with Crippen molar-refractivity contribution in [2.24, 2.45) is 0 Å². The van der Waals surface area contributed by atoms with E-state index in [2.05, 4.69) is 9.97 Å². The van der Waals surface area contributed by atoms with Crippen LogP contribution in [0.3, 0.4) is 0 Å². The summed E-state index contributed by atoms with van der Waals surface area (Å²) in [5, 5.41) is 9.78. The Hall–Kier alpha value is -2.50. The van der Waals surface area contributed by atoms with Gasteiger partial charge in [0.25, 0.3) is 5.56 Å². The molecule has 2 N–H and O–H groups in total. The van der Waals surface area contributed by atoms with Crippen LogP contribution in [0, 0.1) is 0 Å². The molecule has 0 saturated heterocycles. The molecule has 0 bridgehead atoms. The van der Waals surface area contributed by atoms with Gasteiger partial charge in [0, 0.05) is 5.56 Å². The molecule has 0 aliphatic carbocycles. The van der Waals surface area contributed by atoms with Crippen LogP contribution in [0.5, 0.6) is 17.4 Å². The van der Waals surface area contributed by atoms with Crippen molar-refractivity contribution >= 4 is 0 Å². The first-order valence-electron chi connectivity index (χ1n) is 6.41. The minimum absolute atomic E-state index is 0.235. The fourth-order valence-corrected chi connectivity index (χ4v) is 2.13. The molecule has 6 nitrogen and oxygen atoms in total. The minimum Gasteiger partial charge on any atom is -0.493 e. The third-order valence-electron chi connectivity index (χ3n) is 3.16. The van der Waals surface area contributed by atoms with E-state index in [-0.39, 0.29) is 17.0 Å². The van der Waals surface area contributed by atoms with Gasteiger partial charge in [-0.05, 0) is 24.6 Å². The maximum Gasteiger partial charge on any atom is 0.258 e. The number of rotatable bonds is 2. The second-order valence-electron chi connectivity index (χ2n) is 4.43. The first-order valence-corrected chi connectivity index (χ1v) is 6.41. The largest absolute Gasteiger partial charge is 0.493 e. The lowest BCUT2D eigenvalue weighted by atomic mass is 10.1. The molecule has 6 heteroatoms. The van der Waals surface area contributed by atoms with E-state index in [1.807, 2.05) is 0 Å². The molecule has 0 amide bonds. The molecule has 1 aliphatic rings. The zero-order valence-corrected chi connectivity index (χ0v) is 11.0. The smallest absolute Gasteiger partial charge is 0.258 e. The van der Waals surface area contributed by atoms with E-state index >= 15 is 0 Å². The van der Waals surface area contributed by atoms with Crippen molar-refractivity contribution in [2.75, 3.05) is 13.2 Å². The summed E-state index contributed by atoms with van der Waals surface area (Å²) < 4.78 is 10.9. The van der Waals surface area contributed by atoms with Gasteiger partial charge < -0.3 is 19.6 Å². The van der Waals surface area contributed by atoms with E-state index in [0.717, 1.165) is 0 Å². The lowest BCUT2D eigenvalue weighted by Crippen LogP contribution is -2.16. The third kappa shape index (κ3) is 2.09. The molecule has 3 rings (SSSR count). The average molecular weight is 274 g/mol. The molecule has 0 unspecified atom stereocenters. The van der Waals surface area contributed by atoms with Crippen LogP contribution < -0.4 is 15.0 Å². The Labute approximate surface area is 115 Å². The number of H-pyrrole nitrogens is 1. The van der Waals surface area contributed by atoms with Crippen LogP contribution in [0.1, 0.15) is 12.5 Å². The number of benzene rings is 1. The summed E-state index contributed by atoms with van der Waals surface area (Å²) in [5.41, 5.74) is 0.612. The molecule has 0 fully saturated rings. The van der Waals surface area contributed by atoms with Crippen LogP contribution >= 0.6 is 0 Å². The van der Waals surface area contributed by atoms with Crippen molar-refractivity contribution in [1.82, 2.24) is 9.97 Å². The van der Waals surface area contributed by atoms with Crippen molar-refractivity contribution in [3.05, 3.63) is 34.1 Å². The highest BCUT2D eigenvalue weighted by Crippen LogP contribution is 2.33. The van der Waals surface area contributed by atoms with Gasteiger partial charge in [-0.25, -0.2) is 0 Å². The zero-order chi connectivity index (χ0) is 14.1. The normalized spacial score (nSPS) is 13.2. The van der Waals surface area contributed by atoms with Gasteiger partial charge in [0.1, 0.15) is 19.0 Å². The number of ether oxygens (including phenoxy) is 2. The molecule has 1 aliphatic heterocycles. The summed E-state index contributed by atoms with van der Waals surface area (Å²) in [6.07, 6.45) is 0.426. The number of fused-ring (bicyclic) bond motifs is 1. The number of aromatic hydroxyl groups is 1. The lowest BCUT2D eigenvalue weighted by Gasteiger charge is -2.18. The summed E-state index contributed by atoms with van der Waals surface area (Å²) in [4.78, 5) is 18.5. The molecule has 0 saturated carbocycles. The van der Waals surface area contributed by atoms with Crippen LogP contribution in [0.25, 0.3) is 11.4 Å². The molecule has 0 atom stereocenters. The van der Waals surface area contributed by atoms with Crippen LogP contribution in [0.15, 0.2) is 23.0 Å². The summed E-state index contributed by atoms with van der Waals surface area (Å²) >= 11 is 0. The molecular weight excluding hydrogens is 260 g/mol. The number of hydrogen-bond donors (Lipinski definition) is 2. The fourth-order valence-electron chi connectivity index (χ4n) is 2.13. The van der Waals surface area contributed by atoms with E-state index in [0.29, 0.717) is 42.5 Å². The molecule has 2 aromatic rings. The Morgan fingerprint density at radius 1 is 1.30 bits per heavy atom. The van der Waals surface area contributed by atoms with Crippen LogP contribution in [-0.4, -0.2) is 28.3 Å². The van der Waals surface area contributed by atoms with Gasteiger partial charge >= 0.3 is 0 Å². The minimum atomic E-state index is -0.329. The topological polar surface area (TPSA) is 84.4 Å². The van der Waals surface area contributed by atoms with Gasteiger partial charge in [0.15, 0.2) is 11.5 Å². The monoisotopic (exact) mass is 274 g/mol. The van der Waals surface area contributed by atoms with E-state index < -0.39 is 0 Å². The Morgan fingerprint density at radius 2 is 2.05 bits per heavy atom. The van der Waals surface area contributed by atoms with Gasteiger partial charge in [0.05, 0.1) is 5.56 Å². The summed E-state index contributed by atoms with van der Waals surface area (Å²) in [6.45, 7) is 2.80. The second-order valence-corrected chi connectivity index (χ2v) is 4.43. The van der Waals surface area contributed by atoms with Gasteiger partial charge in [-0.15, -0.1) is 0 Å². The van der Waals surface area contributed by atoms with E-state index in [1.54, 1.807) is 25.1 Å². The quantitative estimate of drug-likeness (QED) is 0.866. The number of hydrogen-bond acceptors (Lipinski definition) is 5. The molecular formula is C14H14N2O4. The molecule has 0 spiro atoms. The summed E-state index contributed by atoms with van der Waals surface area (Å²) in [5.74, 6) is 1.34. The van der Waals surface area contributed by atoms with Crippen molar-refractivity contribution in [2.45, 2.75) is 13.3 Å². The first-order chi connectivity index (χ1) is 9.69. The number of aromatic amines is 1. The summed E-state index contributed by atoms with van der Waals surface area (Å²) in [6, 6.07) is 5.25. The molecule has 1 aromatic carbocycles. The maximum absolute atomic E-state index is 11.8. The van der Waals surface area contributed by atoms with Crippen molar-refractivity contribution in [1.29, 1.82) is 0 Å². The zero-order valence-electron chi connectivity index (χ0n) is 11.0. The average Bonchev–Trinajstić information content (AvgIpc) is 2.46. The third-order valence-corrected chi connectivity index (χ3v) is 3.16. The highest BCUT2D eigenvalue weighted by atomic mass is 16.6. The molecule has 2 heterocycles. The van der Waals surface area contributed by atoms with E-state index in [4.69, 9.17) is 9.47 Å². The van der Waals surface area contributed by atoms with Crippen molar-refractivity contribution in [3.63, 3.8) is 0 Å². The Balaban J connectivity index is 2.07. The highest BCUT2D eigenvalue weighted by Gasteiger charge is 2.15. The Kier molecular flexibility index (Phi) is 3.06. The van der Waals surface area contributed by atoms with Crippen molar-refractivity contribution in [3.8, 4) is 28.8 Å². The number of nitrogens with one attached hydrogen (secondary N) is 1. The maximum atomic E-state index is 11.8. The predicted octanol–water partition coefficient (Wildman–Crippen LogP) is 1.48. The molecule has 0 radical (unpaired) electrons. The number of nitrogens with zero attached hydrogens (tertiary/aromatic N) is 1. The van der Waals surface area contributed by atoms with Crippen LogP contribution in [0.2, 0.25) is 0 Å².